The molecule has 1 aliphatic rings. The second kappa shape index (κ2) is 6.75. The van der Waals surface area contributed by atoms with Crippen LogP contribution in [-0.2, 0) is 11.3 Å². The van der Waals surface area contributed by atoms with Crippen molar-refractivity contribution in [3.63, 3.8) is 0 Å². The summed E-state index contributed by atoms with van der Waals surface area (Å²) in [5, 5.41) is 0. The molecular weight excluding hydrogens is 292 g/mol. The molecule has 0 N–H and O–H groups in total. The van der Waals surface area contributed by atoms with Gasteiger partial charge in [0.1, 0.15) is 6.54 Å². The Morgan fingerprint density at radius 3 is 2.74 bits per heavy atom. The third-order valence-electron chi connectivity index (χ3n) is 4.27. The largest absolute Gasteiger partial charge is 0.347 e. The number of aromatic nitrogens is 2. The number of likely N-dealkylation sites (N-methyl/N-ethyl adjacent to an activating group) is 1. The smallest absolute Gasteiger partial charge is 0.338 e. The number of carbonyl (C=O) groups excluding carboxylic acids is 1. The highest BCUT2D eigenvalue weighted by atomic mass is 16.2. The predicted octanol–water partition coefficient (Wildman–Crippen LogP) is 0.759. The van der Waals surface area contributed by atoms with Gasteiger partial charge in [-0.1, -0.05) is 30.3 Å². The van der Waals surface area contributed by atoms with E-state index in [-0.39, 0.29) is 18.5 Å². The van der Waals surface area contributed by atoms with Gasteiger partial charge in [-0.25, -0.2) is 9.78 Å². The lowest BCUT2D eigenvalue weighted by Crippen LogP contribution is -2.50. The van der Waals surface area contributed by atoms with Gasteiger partial charge in [0.2, 0.25) is 5.91 Å². The molecule has 1 amide bonds. The molecule has 1 aromatic heterocycles. The number of hydrogen-bond donors (Lipinski definition) is 0. The monoisotopic (exact) mass is 312 g/mol. The Kier molecular flexibility index (Phi) is 4.52. The first-order chi connectivity index (χ1) is 11.1. The Morgan fingerprint density at radius 1 is 1.22 bits per heavy atom. The summed E-state index contributed by atoms with van der Waals surface area (Å²) in [6.45, 7) is 2.16. The number of nitrogens with zero attached hydrogens (tertiary/aromatic N) is 4. The lowest BCUT2D eigenvalue weighted by atomic mass is 10.0. The van der Waals surface area contributed by atoms with Gasteiger partial charge in [0.05, 0.1) is 6.04 Å². The molecule has 1 saturated heterocycles. The van der Waals surface area contributed by atoms with Crippen LogP contribution in [0.3, 0.4) is 0 Å². The van der Waals surface area contributed by atoms with Crippen molar-refractivity contribution < 1.29 is 4.79 Å². The average Bonchev–Trinajstić information content (AvgIpc) is 2.58. The van der Waals surface area contributed by atoms with Gasteiger partial charge >= 0.3 is 5.69 Å². The van der Waals surface area contributed by atoms with E-state index in [1.165, 1.54) is 16.3 Å². The lowest BCUT2D eigenvalue weighted by Gasteiger charge is -2.39. The second-order valence-corrected chi connectivity index (χ2v) is 5.78. The number of amides is 1. The molecule has 6 nitrogen and oxygen atoms in total. The van der Waals surface area contributed by atoms with Crippen LogP contribution in [0.25, 0.3) is 0 Å². The summed E-state index contributed by atoms with van der Waals surface area (Å²) < 4.78 is 1.35. The highest BCUT2D eigenvalue weighted by Crippen LogP contribution is 2.23. The highest BCUT2D eigenvalue weighted by molar-refractivity contribution is 5.76. The van der Waals surface area contributed by atoms with E-state index >= 15 is 0 Å². The SMILES string of the molecule is CN1CCN(C(=O)Cn2cccnc2=O)C[C@@H]1c1ccccc1. The molecule has 0 bridgehead atoms. The van der Waals surface area contributed by atoms with E-state index in [1.807, 2.05) is 23.1 Å². The molecular formula is C17H20N4O2. The summed E-state index contributed by atoms with van der Waals surface area (Å²) >= 11 is 0. The van der Waals surface area contributed by atoms with Crippen LogP contribution < -0.4 is 5.69 Å². The molecule has 2 aromatic rings. The second-order valence-electron chi connectivity index (χ2n) is 5.78. The summed E-state index contributed by atoms with van der Waals surface area (Å²) in [4.78, 5) is 31.9. The molecule has 6 heteroatoms. The fourth-order valence-corrected chi connectivity index (χ4v) is 2.89. The highest BCUT2D eigenvalue weighted by Gasteiger charge is 2.28. The normalized spacial score (nSPS) is 18.8. The zero-order valence-corrected chi connectivity index (χ0v) is 13.1. The molecule has 0 aliphatic carbocycles. The van der Waals surface area contributed by atoms with E-state index in [2.05, 4.69) is 29.1 Å². The van der Waals surface area contributed by atoms with Crippen molar-refractivity contribution in [3.8, 4) is 0 Å². The van der Waals surface area contributed by atoms with Gasteiger partial charge in [0, 0.05) is 32.0 Å². The van der Waals surface area contributed by atoms with Gasteiger partial charge in [-0.2, -0.15) is 0 Å². The van der Waals surface area contributed by atoms with E-state index < -0.39 is 5.69 Å². The van der Waals surface area contributed by atoms with Crippen molar-refractivity contribution in [1.29, 1.82) is 0 Å². The van der Waals surface area contributed by atoms with Gasteiger partial charge in [-0.05, 0) is 18.7 Å². The molecule has 1 aliphatic heterocycles. The van der Waals surface area contributed by atoms with Crippen LogP contribution in [0, 0.1) is 0 Å². The Labute approximate surface area is 135 Å². The van der Waals surface area contributed by atoms with Gasteiger partial charge < -0.3 is 4.90 Å². The number of carbonyl (C=O) groups is 1. The molecule has 120 valence electrons. The van der Waals surface area contributed by atoms with Crippen LogP contribution in [0.1, 0.15) is 11.6 Å². The first-order valence-corrected chi connectivity index (χ1v) is 7.69. The van der Waals surface area contributed by atoms with Crippen molar-refractivity contribution in [2.24, 2.45) is 0 Å². The van der Waals surface area contributed by atoms with Crippen molar-refractivity contribution in [2.75, 3.05) is 26.7 Å². The van der Waals surface area contributed by atoms with Crippen LogP contribution in [0.15, 0.2) is 53.6 Å². The Hall–Kier alpha value is -2.47. The molecule has 23 heavy (non-hydrogen) atoms. The maximum absolute atomic E-state index is 12.5. The Balaban J connectivity index is 1.72. The van der Waals surface area contributed by atoms with Crippen LogP contribution in [0.5, 0.6) is 0 Å². The van der Waals surface area contributed by atoms with E-state index in [9.17, 15) is 9.59 Å². The molecule has 1 fully saturated rings. The molecule has 0 unspecified atom stereocenters. The van der Waals surface area contributed by atoms with Gasteiger partial charge in [0.15, 0.2) is 0 Å². The van der Waals surface area contributed by atoms with E-state index in [1.54, 1.807) is 12.3 Å². The van der Waals surface area contributed by atoms with Gasteiger partial charge in [-0.3, -0.25) is 14.3 Å². The minimum atomic E-state index is -0.394. The molecule has 0 saturated carbocycles. The van der Waals surface area contributed by atoms with Gasteiger partial charge in [0.25, 0.3) is 0 Å². The number of piperazine rings is 1. The molecule has 0 spiro atoms. The first kappa shape index (κ1) is 15.4. The maximum atomic E-state index is 12.5. The van der Waals surface area contributed by atoms with Crippen molar-refractivity contribution in [2.45, 2.75) is 12.6 Å². The fourth-order valence-electron chi connectivity index (χ4n) is 2.89. The van der Waals surface area contributed by atoms with Crippen LogP contribution >= 0.6 is 0 Å². The van der Waals surface area contributed by atoms with Crippen molar-refractivity contribution in [3.05, 3.63) is 64.8 Å². The lowest BCUT2D eigenvalue weighted by molar-refractivity contribution is -0.134. The minimum Gasteiger partial charge on any atom is -0.338 e. The Bertz CT molecular complexity index is 729. The van der Waals surface area contributed by atoms with Crippen molar-refractivity contribution in [1.82, 2.24) is 19.4 Å². The third-order valence-corrected chi connectivity index (χ3v) is 4.27. The van der Waals surface area contributed by atoms with Crippen molar-refractivity contribution >= 4 is 5.91 Å². The number of rotatable bonds is 3. The quantitative estimate of drug-likeness (QED) is 0.839. The summed E-state index contributed by atoms with van der Waals surface area (Å²) in [6.07, 6.45) is 3.03. The predicted molar refractivity (Wildman–Crippen MR) is 86.9 cm³/mol. The molecule has 0 radical (unpaired) electrons. The molecule has 1 atom stereocenters. The van der Waals surface area contributed by atoms with Crippen LogP contribution in [0.2, 0.25) is 0 Å². The average molecular weight is 312 g/mol. The number of hydrogen-bond acceptors (Lipinski definition) is 4. The minimum absolute atomic E-state index is 0.0396. The Morgan fingerprint density at radius 2 is 2.00 bits per heavy atom. The molecule has 3 rings (SSSR count). The topological polar surface area (TPSA) is 58.4 Å². The fraction of sp³-hybridized carbons (Fsp3) is 0.353. The van der Waals surface area contributed by atoms with E-state index in [4.69, 9.17) is 0 Å². The molecule has 1 aromatic carbocycles. The standard InChI is InChI=1S/C17H20N4O2/c1-19-10-11-20(12-15(19)14-6-3-2-4-7-14)16(22)13-21-9-5-8-18-17(21)23/h2-9,15H,10-13H2,1H3/t15-/m1/s1. The summed E-state index contributed by atoms with van der Waals surface area (Å²) in [5.41, 5.74) is 0.806. The van der Waals surface area contributed by atoms with Crippen LogP contribution in [-0.4, -0.2) is 51.9 Å². The maximum Gasteiger partial charge on any atom is 0.347 e. The van der Waals surface area contributed by atoms with E-state index in [0.29, 0.717) is 13.1 Å². The summed E-state index contributed by atoms with van der Waals surface area (Å²) in [6, 6.07) is 12.0. The zero-order valence-electron chi connectivity index (χ0n) is 13.1. The zero-order chi connectivity index (χ0) is 16.2. The van der Waals surface area contributed by atoms with E-state index in [0.717, 1.165) is 6.54 Å². The van der Waals surface area contributed by atoms with Crippen LogP contribution in [0.4, 0.5) is 0 Å². The number of benzene rings is 1. The molecule has 2 heterocycles. The third kappa shape index (κ3) is 3.48. The van der Waals surface area contributed by atoms with Gasteiger partial charge in [-0.15, -0.1) is 0 Å². The summed E-state index contributed by atoms with van der Waals surface area (Å²) in [7, 11) is 2.07. The summed E-state index contributed by atoms with van der Waals surface area (Å²) in [5.74, 6) is -0.0471. The first-order valence-electron chi connectivity index (χ1n) is 7.69.